The first-order valence-electron chi connectivity index (χ1n) is 6.22. The average molecular weight is 261 g/mol. The molecular weight excluding hydrogens is 246 g/mol. The van der Waals surface area contributed by atoms with Crippen LogP contribution in [0.1, 0.15) is 10.4 Å². The predicted molar refractivity (Wildman–Crippen MR) is 70.5 cm³/mol. The number of nitrogens with zero attached hydrogens (tertiary/aromatic N) is 1. The standard InChI is InChI=1S/C13H15N3O3/c1-16-5-4-14-10(7-16)12(17)8-2-3-11-9(6-8)15-13(18)19-11/h2-3,6,10,14H,4-5,7H2,1H3,(H,15,18). The Labute approximate surface area is 109 Å². The van der Waals surface area contributed by atoms with E-state index in [-0.39, 0.29) is 11.8 Å². The Kier molecular flexibility index (Phi) is 2.96. The molecule has 0 bridgehead atoms. The van der Waals surface area contributed by atoms with Crippen LogP contribution in [0.2, 0.25) is 0 Å². The summed E-state index contributed by atoms with van der Waals surface area (Å²) in [7, 11) is 2.00. The van der Waals surface area contributed by atoms with Crippen molar-refractivity contribution in [3.63, 3.8) is 0 Å². The molecule has 1 aromatic heterocycles. The van der Waals surface area contributed by atoms with Crippen molar-refractivity contribution in [3.05, 3.63) is 34.3 Å². The highest BCUT2D eigenvalue weighted by atomic mass is 16.4. The Morgan fingerprint density at radius 3 is 3.11 bits per heavy atom. The number of aromatic amines is 1. The molecule has 1 atom stereocenters. The molecule has 19 heavy (non-hydrogen) atoms. The number of hydrogen-bond acceptors (Lipinski definition) is 5. The summed E-state index contributed by atoms with van der Waals surface area (Å²) in [5, 5.41) is 3.21. The molecule has 0 aliphatic carbocycles. The fraction of sp³-hybridized carbons (Fsp3) is 0.385. The SMILES string of the molecule is CN1CCNC(C(=O)c2ccc3oc(=O)[nH]c3c2)C1. The first-order chi connectivity index (χ1) is 9.13. The summed E-state index contributed by atoms with van der Waals surface area (Å²) in [6.45, 7) is 2.44. The third kappa shape index (κ3) is 2.32. The smallest absolute Gasteiger partial charge is 0.408 e. The zero-order chi connectivity index (χ0) is 13.4. The van der Waals surface area contributed by atoms with E-state index in [0.29, 0.717) is 23.2 Å². The van der Waals surface area contributed by atoms with Crippen LogP contribution in [0, 0.1) is 0 Å². The normalized spacial score (nSPS) is 20.8. The van der Waals surface area contributed by atoms with Crippen molar-refractivity contribution >= 4 is 16.9 Å². The molecule has 0 spiro atoms. The van der Waals surface area contributed by atoms with Crippen LogP contribution in [0.25, 0.3) is 11.1 Å². The van der Waals surface area contributed by atoms with Gasteiger partial charge in [-0.15, -0.1) is 0 Å². The molecule has 2 N–H and O–H groups in total. The molecule has 6 nitrogen and oxygen atoms in total. The maximum absolute atomic E-state index is 12.4. The second-order valence-corrected chi connectivity index (χ2v) is 4.86. The lowest BCUT2D eigenvalue weighted by Crippen LogP contribution is -2.52. The van der Waals surface area contributed by atoms with E-state index < -0.39 is 5.76 Å². The molecule has 1 aliphatic rings. The van der Waals surface area contributed by atoms with Crippen molar-refractivity contribution < 1.29 is 9.21 Å². The second kappa shape index (κ2) is 4.64. The van der Waals surface area contributed by atoms with E-state index >= 15 is 0 Å². The summed E-state index contributed by atoms with van der Waals surface area (Å²) in [5.74, 6) is -0.467. The lowest BCUT2D eigenvalue weighted by molar-refractivity contribution is 0.0894. The number of H-pyrrole nitrogens is 1. The van der Waals surface area contributed by atoms with Crippen LogP contribution < -0.4 is 11.1 Å². The van der Waals surface area contributed by atoms with Crippen LogP contribution in [0.3, 0.4) is 0 Å². The van der Waals surface area contributed by atoms with Gasteiger partial charge in [-0.3, -0.25) is 9.78 Å². The number of ketones is 1. The van der Waals surface area contributed by atoms with E-state index in [0.717, 1.165) is 13.1 Å². The minimum Gasteiger partial charge on any atom is -0.408 e. The number of carbonyl (C=O) groups is 1. The van der Waals surface area contributed by atoms with Crippen LogP contribution in [0.4, 0.5) is 0 Å². The number of benzene rings is 1. The average Bonchev–Trinajstić information content (AvgIpc) is 2.76. The molecule has 3 rings (SSSR count). The molecule has 0 amide bonds. The summed E-state index contributed by atoms with van der Waals surface area (Å²) in [4.78, 5) is 28.2. The van der Waals surface area contributed by atoms with Crippen molar-refractivity contribution in [2.24, 2.45) is 0 Å². The van der Waals surface area contributed by atoms with Gasteiger partial charge in [-0.05, 0) is 25.2 Å². The molecule has 6 heteroatoms. The van der Waals surface area contributed by atoms with E-state index in [1.54, 1.807) is 18.2 Å². The van der Waals surface area contributed by atoms with E-state index in [1.807, 2.05) is 7.05 Å². The maximum Gasteiger partial charge on any atom is 0.417 e. The largest absolute Gasteiger partial charge is 0.417 e. The highest BCUT2D eigenvalue weighted by Gasteiger charge is 2.24. The van der Waals surface area contributed by atoms with Crippen LogP contribution in [-0.4, -0.2) is 48.4 Å². The maximum atomic E-state index is 12.4. The lowest BCUT2D eigenvalue weighted by Gasteiger charge is -2.29. The van der Waals surface area contributed by atoms with Gasteiger partial charge >= 0.3 is 5.76 Å². The van der Waals surface area contributed by atoms with Crippen molar-refractivity contribution in [1.29, 1.82) is 0 Å². The molecule has 0 saturated carbocycles. The van der Waals surface area contributed by atoms with Gasteiger partial charge in [0.25, 0.3) is 0 Å². The van der Waals surface area contributed by atoms with E-state index in [2.05, 4.69) is 15.2 Å². The Hall–Kier alpha value is -1.92. The molecule has 2 aromatic rings. The number of Topliss-reactive ketones (excluding diaryl/α,β-unsaturated/α-hetero) is 1. The molecule has 1 fully saturated rings. The number of likely N-dealkylation sites (N-methyl/N-ethyl adjacent to an activating group) is 1. The molecule has 0 radical (unpaired) electrons. The molecule has 1 aromatic carbocycles. The van der Waals surface area contributed by atoms with Gasteiger partial charge in [-0.1, -0.05) is 0 Å². The number of aromatic nitrogens is 1. The summed E-state index contributed by atoms with van der Waals surface area (Å²) in [5.41, 5.74) is 1.60. The number of carbonyl (C=O) groups excluding carboxylic acids is 1. The second-order valence-electron chi connectivity index (χ2n) is 4.86. The van der Waals surface area contributed by atoms with Gasteiger partial charge in [0, 0.05) is 25.2 Å². The first kappa shape index (κ1) is 12.1. The van der Waals surface area contributed by atoms with E-state index in [1.165, 1.54) is 0 Å². The van der Waals surface area contributed by atoms with Crippen LogP contribution in [0.15, 0.2) is 27.4 Å². The number of hydrogen-bond donors (Lipinski definition) is 2. The van der Waals surface area contributed by atoms with Crippen LogP contribution >= 0.6 is 0 Å². The highest BCUT2D eigenvalue weighted by molar-refractivity contribution is 6.02. The van der Waals surface area contributed by atoms with Crippen molar-refractivity contribution in [2.45, 2.75) is 6.04 Å². The van der Waals surface area contributed by atoms with Crippen molar-refractivity contribution in [1.82, 2.24) is 15.2 Å². The van der Waals surface area contributed by atoms with Gasteiger partial charge in [0.2, 0.25) is 0 Å². The minimum atomic E-state index is -0.505. The predicted octanol–water partition coefficient (Wildman–Crippen LogP) is 0.207. The zero-order valence-electron chi connectivity index (χ0n) is 10.6. The highest BCUT2D eigenvalue weighted by Crippen LogP contribution is 2.14. The number of rotatable bonds is 2. The molecular formula is C13H15N3O3. The van der Waals surface area contributed by atoms with E-state index in [9.17, 15) is 9.59 Å². The topological polar surface area (TPSA) is 78.3 Å². The number of fused-ring (bicyclic) bond motifs is 1. The number of oxazole rings is 1. The molecule has 2 heterocycles. The Morgan fingerprint density at radius 2 is 2.32 bits per heavy atom. The fourth-order valence-electron chi connectivity index (χ4n) is 2.38. The monoisotopic (exact) mass is 261 g/mol. The molecule has 100 valence electrons. The fourth-order valence-corrected chi connectivity index (χ4v) is 2.38. The lowest BCUT2D eigenvalue weighted by atomic mass is 10.0. The van der Waals surface area contributed by atoms with Gasteiger partial charge in [0.1, 0.15) is 0 Å². The van der Waals surface area contributed by atoms with Crippen molar-refractivity contribution in [2.75, 3.05) is 26.7 Å². The third-order valence-electron chi connectivity index (χ3n) is 3.40. The zero-order valence-corrected chi connectivity index (χ0v) is 10.6. The molecule has 1 aliphatic heterocycles. The number of nitrogens with one attached hydrogen (secondary N) is 2. The van der Waals surface area contributed by atoms with Gasteiger partial charge in [-0.2, -0.15) is 0 Å². The van der Waals surface area contributed by atoms with Gasteiger partial charge in [0.05, 0.1) is 11.6 Å². The quantitative estimate of drug-likeness (QED) is 0.755. The summed E-state index contributed by atoms with van der Waals surface area (Å²) in [6.07, 6.45) is 0. The van der Waals surface area contributed by atoms with Crippen LogP contribution in [0.5, 0.6) is 0 Å². The Bertz CT molecular complexity index is 673. The Morgan fingerprint density at radius 1 is 1.47 bits per heavy atom. The number of piperazine rings is 1. The summed E-state index contributed by atoms with van der Waals surface area (Å²) < 4.78 is 4.92. The minimum absolute atomic E-state index is 0.0375. The third-order valence-corrected chi connectivity index (χ3v) is 3.40. The summed E-state index contributed by atoms with van der Waals surface area (Å²) >= 11 is 0. The Balaban J connectivity index is 1.90. The summed E-state index contributed by atoms with van der Waals surface area (Å²) in [6, 6.07) is 4.80. The van der Waals surface area contributed by atoms with Crippen LogP contribution in [-0.2, 0) is 0 Å². The van der Waals surface area contributed by atoms with Gasteiger partial charge in [-0.25, -0.2) is 4.79 Å². The molecule has 1 saturated heterocycles. The first-order valence-corrected chi connectivity index (χ1v) is 6.22. The van der Waals surface area contributed by atoms with Gasteiger partial charge in [0.15, 0.2) is 11.4 Å². The van der Waals surface area contributed by atoms with Gasteiger partial charge < -0.3 is 14.6 Å². The van der Waals surface area contributed by atoms with Crippen molar-refractivity contribution in [3.8, 4) is 0 Å². The van der Waals surface area contributed by atoms with E-state index in [4.69, 9.17) is 4.42 Å². The molecule has 1 unspecified atom stereocenters.